The Balaban J connectivity index is 1.72. The number of aliphatic hydroxyl groups is 1. The summed E-state index contributed by atoms with van der Waals surface area (Å²) in [5, 5.41) is 34.8. The molecule has 0 radical (unpaired) electrons. The van der Waals surface area contributed by atoms with E-state index in [2.05, 4.69) is 58.7 Å². The Morgan fingerprint density at radius 2 is 1.68 bits per heavy atom. The summed E-state index contributed by atoms with van der Waals surface area (Å²) in [6.07, 6.45) is 0.295. The first-order chi connectivity index (χ1) is 20.3. The second-order valence-corrected chi connectivity index (χ2v) is 11.1. The van der Waals surface area contributed by atoms with Gasteiger partial charge in [-0.1, -0.05) is 18.2 Å². The maximum Gasteiger partial charge on any atom is 0.277 e. The molecule has 0 fully saturated rings. The largest absolute Gasteiger partial charge is 0.395 e. The van der Waals surface area contributed by atoms with Crippen molar-refractivity contribution in [1.82, 2.24) is 4.67 Å². The van der Waals surface area contributed by atoms with Gasteiger partial charge in [-0.25, -0.2) is 4.67 Å². The van der Waals surface area contributed by atoms with Crippen molar-refractivity contribution in [3.63, 3.8) is 0 Å². The molecule has 3 rings (SSSR count). The number of azo groups is 1. The van der Waals surface area contributed by atoms with E-state index in [-0.39, 0.29) is 24.4 Å². The van der Waals surface area contributed by atoms with Gasteiger partial charge in [0.15, 0.2) is 0 Å². The fraction of sp³-hybridized carbons (Fsp3) is 0.414. The lowest BCUT2D eigenvalue weighted by Crippen LogP contribution is -2.35. The van der Waals surface area contributed by atoms with Crippen LogP contribution in [0.15, 0.2) is 70.9 Å². The van der Waals surface area contributed by atoms with Crippen LogP contribution in [0.2, 0.25) is 0 Å². The molecule has 12 heteroatoms. The summed E-state index contributed by atoms with van der Waals surface area (Å²) in [7, 11) is -1.36. The summed E-state index contributed by atoms with van der Waals surface area (Å²) in [5.41, 5.74) is 2.08. The second kappa shape index (κ2) is 16.1. The van der Waals surface area contributed by atoms with E-state index in [9.17, 15) is 10.1 Å². The Morgan fingerprint density at radius 3 is 2.32 bits per heavy atom. The molecule has 0 saturated heterocycles. The summed E-state index contributed by atoms with van der Waals surface area (Å²) >= 11 is 0. The number of hydrogen-bond acceptors (Lipinski definition) is 10. The molecule has 3 aromatic rings. The second-order valence-electron chi connectivity index (χ2n) is 9.69. The minimum absolute atomic E-state index is 0.0250. The molecule has 0 aliphatic carbocycles. The summed E-state index contributed by atoms with van der Waals surface area (Å²) in [5.74, 6) is 0. The highest BCUT2D eigenvalue weighted by Crippen LogP contribution is 2.46. The van der Waals surface area contributed by atoms with Crippen LogP contribution in [0.1, 0.15) is 34.1 Å². The molecule has 0 saturated carbocycles. The average molecular weight is 582 g/mol. The molecule has 0 aliphatic heterocycles. The quantitative estimate of drug-likeness (QED) is 0.0578. The predicted molar refractivity (Wildman–Crippen MR) is 162 cm³/mol. The summed E-state index contributed by atoms with van der Waals surface area (Å²) in [6.45, 7) is 10.3. The summed E-state index contributed by atoms with van der Waals surface area (Å²) in [4.78, 5) is 13.0. The van der Waals surface area contributed by atoms with E-state index in [0.29, 0.717) is 54.9 Å². The number of nitro groups is 1. The van der Waals surface area contributed by atoms with Gasteiger partial charge in [0.05, 0.1) is 54.0 Å². The van der Waals surface area contributed by atoms with Gasteiger partial charge < -0.3 is 19.1 Å². The van der Waals surface area contributed by atoms with Gasteiger partial charge in [-0.05, 0) is 64.1 Å². The van der Waals surface area contributed by atoms with Crippen molar-refractivity contribution in [1.29, 1.82) is 6.69 Å². The van der Waals surface area contributed by atoms with Crippen LogP contribution in [-0.4, -0.2) is 61.1 Å². The van der Waals surface area contributed by atoms with Crippen molar-refractivity contribution in [2.75, 3.05) is 37.8 Å². The highest BCUT2D eigenvalue weighted by molar-refractivity contribution is 7.44. The molecular formula is C29H37N6O5P. The number of anilines is 1. The Labute approximate surface area is 243 Å². The number of aliphatic hydroxyl groups excluding tert-OH is 1. The Hall–Kier alpha value is -3.52. The van der Waals surface area contributed by atoms with E-state index in [0.717, 1.165) is 5.69 Å². The van der Waals surface area contributed by atoms with Crippen LogP contribution in [0.3, 0.4) is 0 Å². The van der Waals surface area contributed by atoms with E-state index >= 15 is 0 Å². The summed E-state index contributed by atoms with van der Waals surface area (Å²) < 4.78 is 21.5. The van der Waals surface area contributed by atoms with Crippen LogP contribution in [0.25, 0.3) is 10.8 Å². The fourth-order valence-electron chi connectivity index (χ4n) is 4.38. The molecular weight excluding hydrogens is 543 g/mol. The Kier molecular flexibility index (Phi) is 11.9. The third-order valence-corrected chi connectivity index (χ3v) is 8.26. The van der Waals surface area contributed by atoms with Crippen LogP contribution in [0.5, 0.6) is 0 Å². The lowest BCUT2D eigenvalue weighted by Gasteiger charge is -2.36. The lowest BCUT2D eigenvalue weighted by molar-refractivity contribution is -0.383. The zero-order chi connectivity index (χ0) is 30.5. The van der Waals surface area contributed by atoms with Crippen LogP contribution < -0.4 is 4.90 Å². The Bertz CT molecular complexity index is 1360. The molecule has 0 bridgehead atoms. The highest BCUT2D eigenvalue weighted by atomic mass is 31.2. The average Bonchev–Trinajstić information content (AvgIpc) is 2.97. The lowest BCUT2D eigenvalue weighted by atomic mass is 10.1. The molecule has 0 heterocycles. The van der Waals surface area contributed by atoms with E-state index in [4.69, 9.17) is 15.7 Å². The number of nitriles is 1. The van der Waals surface area contributed by atoms with Crippen LogP contribution in [0, 0.1) is 21.4 Å². The molecule has 1 atom stereocenters. The molecule has 218 valence electrons. The van der Waals surface area contributed by atoms with Gasteiger partial charge in [0, 0.05) is 42.3 Å². The zero-order valence-corrected chi connectivity index (χ0v) is 24.7. The predicted octanol–water partition coefficient (Wildman–Crippen LogP) is 7.25. The van der Waals surface area contributed by atoms with Crippen molar-refractivity contribution < 1.29 is 19.1 Å². The normalized spacial score (nSPS) is 12.8. The molecule has 0 spiro atoms. The van der Waals surface area contributed by atoms with Crippen molar-refractivity contribution in [2.45, 2.75) is 46.2 Å². The minimum atomic E-state index is -1.36. The van der Waals surface area contributed by atoms with E-state index in [1.165, 1.54) is 6.07 Å². The number of fused-ring (bicyclic) bond motifs is 1. The maximum absolute atomic E-state index is 11.4. The molecule has 41 heavy (non-hydrogen) atoms. The zero-order valence-electron chi connectivity index (χ0n) is 24.8. The molecule has 0 aromatic heterocycles. The number of nitro benzene ring substituents is 1. The number of rotatable bonds is 17. The smallest absolute Gasteiger partial charge is 0.277 e. The minimum Gasteiger partial charge on any atom is -0.395 e. The van der Waals surface area contributed by atoms with Crippen LogP contribution >= 0.6 is 8.53 Å². The maximum atomic E-state index is 11.4. The molecule has 3 aromatic carbocycles. The number of hydrogen-bond donors (Lipinski definition) is 1. The number of non-ortho nitro benzene ring substituents is 1. The van der Waals surface area contributed by atoms with Crippen LogP contribution in [0.4, 0.5) is 22.7 Å². The van der Waals surface area contributed by atoms with Gasteiger partial charge in [0.1, 0.15) is 0 Å². The van der Waals surface area contributed by atoms with Crippen molar-refractivity contribution >= 4 is 42.0 Å². The van der Waals surface area contributed by atoms with Gasteiger partial charge in [0.2, 0.25) is 1.43 Å². The monoisotopic (exact) mass is 581 g/mol. The third-order valence-electron chi connectivity index (χ3n) is 6.15. The number of nitrogens with zero attached hydrogens (tertiary/aromatic N) is 6. The highest BCUT2D eigenvalue weighted by Gasteiger charge is 2.27. The molecule has 0 amide bonds. The summed E-state index contributed by atoms with van der Waals surface area (Å²) in [6, 6.07) is 20.1. The van der Waals surface area contributed by atoms with Gasteiger partial charge >= 0.3 is 0 Å². The van der Waals surface area contributed by atoms with E-state index in [1.807, 2.05) is 30.3 Å². The molecule has 1 N–H and O–H groups in total. The topological polar surface area (TPSA) is 137 Å². The third kappa shape index (κ3) is 8.98. The van der Waals surface area contributed by atoms with Crippen molar-refractivity contribution in [3.05, 3.63) is 70.8 Å². The molecule has 0 aliphatic rings. The Morgan fingerprint density at radius 1 is 1.00 bits per heavy atom. The van der Waals surface area contributed by atoms with Gasteiger partial charge in [-0.2, -0.15) is 10.4 Å². The molecule has 1 unspecified atom stereocenters. The first-order valence-corrected chi connectivity index (χ1v) is 14.6. The first kappa shape index (κ1) is 30.4. The van der Waals surface area contributed by atoms with Crippen molar-refractivity contribution in [2.24, 2.45) is 10.2 Å². The molecule has 11 nitrogen and oxygen atoms in total. The standard InChI is InChI=1S/C29H37N6O5P/c1-22(2)34(23(3)4)41(39-20-7-16-30)40-21-18-33(17-19-36)25-12-10-24(11-13-25)31-32-28-14-15-29(35(37)38)27-9-6-5-8-26(27)28/h5-6,8-15,22-23,36H,7,17-21H2,1-4H3/b32-31+/i36D. The fourth-order valence-corrected chi connectivity index (χ4v) is 5.96. The van der Waals surface area contributed by atoms with Gasteiger partial charge in [-0.3, -0.25) is 10.1 Å². The number of benzene rings is 3. The van der Waals surface area contributed by atoms with Gasteiger partial charge in [-0.15, -0.1) is 5.11 Å². The van der Waals surface area contributed by atoms with Crippen LogP contribution in [-0.2, 0) is 9.05 Å². The first-order valence-electron chi connectivity index (χ1n) is 13.9. The van der Waals surface area contributed by atoms with Crippen molar-refractivity contribution in [3.8, 4) is 6.07 Å². The van der Waals surface area contributed by atoms with Gasteiger partial charge in [0.25, 0.3) is 14.2 Å². The SMILES string of the molecule is [2H]OCCN(CCOP(OCCC#N)N(C(C)C)C(C)C)c1ccc(/N=N/c2ccc([N+](=O)[O-])c3ccccc23)cc1. The van der Waals surface area contributed by atoms with E-state index < -0.39 is 13.4 Å². The van der Waals surface area contributed by atoms with E-state index in [1.54, 1.807) is 24.3 Å².